The summed E-state index contributed by atoms with van der Waals surface area (Å²) >= 11 is 0. The Morgan fingerprint density at radius 1 is 1.24 bits per heavy atom. The maximum absolute atomic E-state index is 13.9. The first-order chi connectivity index (χ1) is 10.0. The predicted molar refractivity (Wildman–Crippen MR) is 78.6 cm³/mol. The minimum Gasteiger partial charge on any atom is -0.329 e. The number of halogens is 2. The van der Waals surface area contributed by atoms with Gasteiger partial charge in [-0.3, -0.25) is 9.88 Å². The van der Waals surface area contributed by atoms with E-state index in [9.17, 15) is 8.78 Å². The quantitative estimate of drug-likeness (QED) is 0.921. The van der Waals surface area contributed by atoms with Crippen LogP contribution in [0.3, 0.4) is 0 Å². The van der Waals surface area contributed by atoms with E-state index < -0.39 is 17.7 Å². The molecule has 0 aliphatic rings. The lowest BCUT2D eigenvalue weighted by Gasteiger charge is -2.27. The standard InChI is InChI=1S/C16H19F2N3/c1-11-4-3-5-13(20-11)10-21(2)16(9-19)14-8-12(17)6-7-15(14)18/h3-8,16H,9-10,19H2,1-2H3. The molecular formula is C16H19F2N3. The van der Waals surface area contributed by atoms with Crippen molar-refractivity contribution in [2.45, 2.75) is 19.5 Å². The molecule has 1 heterocycles. The summed E-state index contributed by atoms with van der Waals surface area (Å²) in [5.41, 5.74) is 7.81. The molecule has 1 aromatic heterocycles. The maximum Gasteiger partial charge on any atom is 0.128 e. The molecule has 0 aliphatic carbocycles. The van der Waals surface area contributed by atoms with Crippen LogP contribution in [0.25, 0.3) is 0 Å². The molecule has 0 fully saturated rings. The lowest BCUT2D eigenvalue weighted by molar-refractivity contribution is 0.233. The highest BCUT2D eigenvalue weighted by molar-refractivity contribution is 5.23. The zero-order valence-corrected chi connectivity index (χ0v) is 12.2. The molecule has 1 aromatic carbocycles. The molecule has 0 saturated heterocycles. The normalized spacial score (nSPS) is 12.7. The number of nitrogens with two attached hydrogens (primary N) is 1. The summed E-state index contributed by atoms with van der Waals surface area (Å²) < 4.78 is 27.3. The van der Waals surface area contributed by atoms with Gasteiger partial charge in [0.2, 0.25) is 0 Å². The highest BCUT2D eigenvalue weighted by Crippen LogP contribution is 2.23. The first-order valence-corrected chi connectivity index (χ1v) is 6.79. The molecule has 0 spiro atoms. The van der Waals surface area contributed by atoms with Gasteiger partial charge in [-0.15, -0.1) is 0 Å². The van der Waals surface area contributed by atoms with Crippen molar-refractivity contribution in [1.29, 1.82) is 0 Å². The minimum absolute atomic E-state index is 0.197. The van der Waals surface area contributed by atoms with Crippen molar-refractivity contribution in [2.24, 2.45) is 5.73 Å². The van der Waals surface area contributed by atoms with Crippen LogP contribution >= 0.6 is 0 Å². The molecule has 0 radical (unpaired) electrons. The molecule has 3 nitrogen and oxygen atoms in total. The largest absolute Gasteiger partial charge is 0.329 e. The van der Waals surface area contributed by atoms with Crippen LogP contribution in [0.2, 0.25) is 0 Å². The summed E-state index contributed by atoms with van der Waals surface area (Å²) in [6.07, 6.45) is 0. The second kappa shape index (κ2) is 6.74. The first-order valence-electron chi connectivity index (χ1n) is 6.79. The second-order valence-corrected chi connectivity index (χ2v) is 5.10. The van der Waals surface area contributed by atoms with Crippen LogP contribution in [0.4, 0.5) is 8.78 Å². The summed E-state index contributed by atoms with van der Waals surface area (Å²) in [5.74, 6) is -0.914. The molecular weight excluding hydrogens is 272 g/mol. The summed E-state index contributed by atoms with van der Waals surface area (Å²) in [6.45, 7) is 2.62. The van der Waals surface area contributed by atoms with Gasteiger partial charge < -0.3 is 5.73 Å². The molecule has 5 heteroatoms. The molecule has 0 bridgehead atoms. The Morgan fingerprint density at radius 3 is 2.67 bits per heavy atom. The summed E-state index contributed by atoms with van der Waals surface area (Å²) in [6, 6.07) is 8.78. The van der Waals surface area contributed by atoms with Crippen LogP contribution < -0.4 is 5.73 Å². The number of benzene rings is 1. The molecule has 2 N–H and O–H groups in total. The number of hydrogen-bond donors (Lipinski definition) is 1. The average molecular weight is 291 g/mol. The predicted octanol–water partition coefficient (Wildman–Crippen LogP) is 2.80. The van der Waals surface area contributed by atoms with Crippen molar-refractivity contribution < 1.29 is 8.78 Å². The third-order valence-corrected chi connectivity index (χ3v) is 3.43. The number of nitrogens with zero attached hydrogens (tertiary/aromatic N) is 2. The Balaban J connectivity index is 2.22. The van der Waals surface area contributed by atoms with Gasteiger partial charge in [-0.05, 0) is 44.3 Å². The zero-order valence-electron chi connectivity index (χ0n) is 12.2. The molecule has 21 heavy (non-hydrogen) atoms. The van der Waals surface area contributed by atoms with Crippen LogP contribution in [0, 0.1) is 18.6 Å². The molecule has 2 rings (SSSR count). The molecule has 1 unspecified atom stereocenters. The van der Waals surface area contributed by atoms with E-state index in [-0.39, 0.29) is 12.1 Å². The number of hydrogen-bond acceptors (Lipinski definition) is 3. The average Bonchev–Trinajstić information content (AvgIpc) is 2.43. The van der Waals surface area contributed by atoms with E-state index in [1.54, 1.807) is 0 Å². The summed E-state index contributed by atoms with van der Waals surface area (Å²) in [7, 11) is 1.83. The monoisotopic (exact) mass is 291 g/mol. The third kappa shape index (κ3) is 3.83. The number of rotatable bonds is 5. The van der Waals surface area contributed by atoms with Gasteiger partial charge in [0, 0.05) is 24.3 Å². The SMILES string of the molecule is Cc1cccc(CN(C)C(CN)c2cc(F)ccc2F)n1. The van der Waals surface area contributed by atoms with Gasteiger partial charge in [-0.1, -0.05) is 6.07 Å². The van der Waals surface area contributed by atoms with Gasteiger partial charge in [-0.2, -0.15) is 0 Å². The van der Waals surface area contributed by atoms with E-state index in [1.807, 2.05) is 37.1 Å². The first kappa shape index (κ1) is 15.5. The fourth-order valence-electron chi connectivity index (χ4n) is 2.37. The number of aromatic nitrogens is 1. The van der Waals surface area contributed by atoms with Crippen molar-refractivity contribution >= 4 is 0 Å². The minimum atomic E-state index is -0.466. The van der Waals surface area contributed by atoms with Crippen molar-refractivity contribution in [2.75, 3.05) is 13.6 Å². The highest BCUT2D eigenvalue weighted by atomic mass is 19.1. The number of aryl methyl sites for hydroxylation is 1. The molecule has 112 valence electrons. The topological polar surface area (TPSA) is 42.1 Å². The Hall–Kier alpha value is -1.85. The van der Waals surface area contributed by atoms with Crippen molar-refractivity contribution in [3.05, 3.63) is 65.0 Å². The number of pyridine rings is 1. The van der Waals surface area contributed by atoms with Gasteiger partial charge in [0.15, 0.2) is 0 Å². The number of likely N-dealkylation sites (N-methyl/N-ethyl adjacent to an activating group) is 1. The van der Waals surface area contributed by atoms with E-state index in [0.717, 1.165) is 23.5 Å². The Bertz CT molecular complexity index is 616. The zero-order chi connectivity index (χ0) is 15.4. The summed E-state index contributed by atoms with van der Waals surface area (Å²) in [4.78, 5) is 6.29. The van der Waals surface area contributed by atoms with Gasteiger partial charge in [0.1, 0.15) is 11.6 Å². The molecule has 0 amide bonds. The molecule has 2 aromatic rings. The van der Waals surface area contributed by atoms with Crippen LogP contribution in [0.5, 0.6) is 0 Å². The molecule has 1 atom stereocenters. The second-order valence-electron chi connectivity index (χ2n) is 5.10. The fraction of sp³-hybridized carbons (Fsp3) is 0.312. The van der Waals surface area contributed by atoms with Gasteiger partial charge in [0.05, 0.1) is 11.7 Å². The van der Waals surface area contributed by atoms with E-state index >= 15 is 0 Å². The third-order valence-electron chi connectivity index (χ3n) is 3.43. The Labute approximate surface area is 123 Å². The van der Waals surface area contributed by atoms with Gasteiger partial charge >= 0.3 is 0 Å². The Morgan fingerprint density at radius 2 is 2.00 bits per heavy atom. The van der Waals surface area contributed by atoms with Crippen molar-refractivity contribution in [3.8, 4) is 0 Å². The van der Waals surface area contributed by atoms with Crippen molar-refractivity contribution in [3.63, 3.8) is 0 Å². The lowest BCUT2D eigenvalue weighted by atomic mass is 10.0. The van der Waals surface area contributed by atoms with Crippen LogP contribution in [-0.2, 0) is 6.54 Å². The van der Waals surface area contributed by atoms with Crippen LogP contribution in [0.15, 0.2) is 36.4 Å². The highest BCUT2D eigenvalue weighted by Gasteiger charge is 2.20. The summed E-state index contributed by atoms with van der Waals surface area (Å²) in [5, 5.41) is 0. The Kier molecular flexibility index (Phi) is 4.98. The van der Waals surface area contributed by atoms with Gasteiger partial charge in [0.25, 0.3) is 0 Å². The van der Waals surface area contributed by atoms with Crippen LogP contribution in [0.1, 0.15) is 23.0 Å². The van der Waals surface area contributed by atoms with Crippen LogP contribution in [-0.4, -0.2) is 23.5 Å². The molecule has 0 saturated carbocycles. The fourth-order valence-corrected chi connectivity index (χ4v) is 2.37. The van der Waals surface area contributed by atoms with Gasteiger partial charge in [-0.25, -0.2) is 8.78 Å². The smallest absolute Gasteiger partial charge is 0.128 e. The molecule has 0 aliphatic heterocycles. The maximum atomic E-state index is 13.9. The van der Waals surface area contributed by atoms with E-state index in [0.29, 0.717) is 6.54 Å². The van der Waals surface area contributed by atoms with Crippen molar-refractivity contribution in [1.82, 2.24) is 9.88 Å². The van der Waals surface area contributed by atoms with E-state index in [1.165, 1.54) is 6.07 Å². The lowest BCUT2D eigenvalue weighted by Crippen LogP contribution is -2.31. The van der Waals surface area contributed by atoms with E-state index in [2.05, 4.69) is 4.98 Å². The van der Waals surface area contributed by atoms with E-state index in [4.69, 9.17) is 5.73 Å².